The van der Waals surface area contributed by atoms with Crippen LogP contribution in [0.25, 0.3) is 90.9 Å². The molecule has 0 radical (unpaired) electrons. The lowest BCUT2D eigenvalue weighted by atomic mass is 10.0. The highest BCUT2D eigenvalue weighted by Crippen LogP contribution is 2.40. The number of hydrogen-bond acceptors (Lipinski definition) is 6. The Morgan fingerprint density at radius 3 is 0.744 bits per heavy atom. The largest absolute Gasteiger partial charge is 1.00 e. The zero-order valence-corrected chi connectivity index (χ0v) is 56.9. The van der Waals surface area contributed by atoms with E-state index >= 15 is 0 Å². The summed E-state index contributed by atoms with van der Waals surface area (Å²) in [7, 11) is 13.3. The first-order chi connectivity index (χ1) is 42.8. The molecule has 2 aliphatic rings. The van der Waals surface area contributed by atoms with Crippen molar-refractivity contribution in [2.24, 2.45) is 0 Å². The van der Waals surface area contributed by atoms with E-state index in [4.69, 9.17) is 28.9 Å². The van der Waals surface area contributed by atoms with E-state index in [0.29, 0.717) is 26.4 Å². The van der Waals surface area contributed by atoms with Crippen LogP contribution in [-0.2, 0) is 0 Å². The van der Waals surface area contributed by atoms with Crippen molar-refractivity contribution in [3.8, 4) is 67.5 Å². The van der Waals surface area contributed by atoms with Crippen LogP contribution in [0.1, 0.15) is 165 Å². The number of rotatable bonds is 36. The van der Waals surface area contributed by atoms with Crippen LogP contribution in [0.4, 0.5) is 0 Å². The Bertz CT molecular complexity index is 3290. The molecule has 10 nitrogen and oxygen atoms in total. The lowest BCUT2D eigenvalue weighted by molar-refractivity contribution is -0.870. The lowest BCUT2D eigenvalue weighted by Crippen LogP contribution is -3.00. The molecule has 8 bridgehead atoms. The molecule has 4 aromatic carbocycles. The Hall–Kier alpha value is -6.82. The predicted octanol–water partition coefficient (Wildman–Crippen LogP) is 14.1. The minimum absolute atomic E-state index is 0. The molecule has 90 heavy (non-hydrogen) atoms. The fraction of sp³-hybridized carbons (Fsp3) is 0.436. The molecule has 0 saturated carbocycles. The number of aromatic nitrogens is 4. The summed E-state index contributed by atoms with van der Waals surface area (Å²) in [6.07, 6.45) is 33.7. The summed E-state index contributed by atoms with van der Waals surface area (Å²) < 4.78 is 27.2. The van der Waals surface area contributed by atoms with Gasteiger partial charge in [-0.05, 0) is 132 Å². The Labute approximate surface area is 551 Å². The highest BCUT2D eigenvalue weighted by molar-refractivity contribution is 6.00. The fourth-order valence-corrected chi connectivity index (χ4v) is 12.0. The van der Waals surface area contributed by atoms with Gasteiger partial charge < -0.3 is 62.7 Å². The molecule has 7 aromatic rings. The number of nitrogens with zero attached hydrogens (tertiary/aromatic N) is 4. The van der Waals surface area contributed by atoms with E-state index in [9.17, 15) is 0 Å². The van der Waals surface area contributed by atoms with Crippen molar-refractivity contribution in [2.75, 3.05) is 81.8 Å². The van der Waals surface area contributed by atoms with Gasteiger partial charge in [0.1, 0.15) is 23.0 Å². The number of hydrogen-bond donors (Lipinski definition) is 2. The van der Waals surface area contributed by atoms with Crippen LogP contribution >= 0.6 is 0 Å². The highest BCUT2D eigenvalue weighted by Gasteiger charge is 2.20. The molecular weight excluding hydrogens is 1160 g/mol. The fourth-order valence-electron chi connectivity index (χ4n) is 12.0. The second kappa shape index (κ2) is 35.7. The first-order valence-corrected chi connectivity index (χ1v) is 33.5. The smallest absolute Gasteiger partial charge is 0.119 e. The topological polar surface area (TPSA) is 94.3 Å². The molecular formula is C78H102Cl2N6O4. The summed E-state index contributed by atoms with van der Waals surface area (Å²) in [5, 5.41) is 0. The van der Waals surface area contributed by atoms with E-state index in [0.717, 1.165) is 160 Å². The lowest BCUT2D eigenvalue weighted by Gasteiger charge is -2.23. The average Bonchev–Trinajstić information content (AvgIpc) is 1.68. The van der Waals surface area contributed by atoms with Crippen molar-refractivity contribution >= 4 is 46.4 Å². The third-order valence-electron chi connectivity index (χ3n) is 16.8. The molecule has 3 aromatic heterocycles. The van der Waals surface area contributed by atoms with Gasteiger partial charge in [-0.25, -0.2) is 9.97 Å². The van der Waals surface area contributed by atoms with E-state index in [1.807, 2.05) is 0 Å². The van der Waals surface area contributed by atoms with Gasteiger partial charge in [-0.2, -0.15) is 0 Å². The molecule has 0 amide bonds. The van der Waals surface area contributed by atoms with Crippen LogP contribution in [0.3, 0.4) is 0 Å². The number of nitrogens with one attached hydrogen (secondary N) is 2. The third-order valence-corrected chi connectivity index (χ3v) is 16.8. The summed E-state index contributed by atoms with van der Waals surface area (Å²) in [6, 6.07) is 42.9. The minimum Gasteiger partial charge on any atom is -1.00 e. The Morgan fingerprint density at radius 2 is 0.511 bits per heavy atom. The standard InChI is InChI=1S/C78H102N6O4.2ClH/c1-9-11-13-15-17-19-21-23-25-55-85-63-37-29-59(30-38-63)75-67-45-46-68(79-67)76(60-31-39-64(40-32-60)86-56-26-24-22-20-18-16-14-12-10-2)70-48-50-72(81-70)78(62-35-43-66(44-36-62)88-58-28-54-84(6,7)8)74-52-51-73(82-74)77(71-49-47-69(75)80-71)61-33-41-65(42-34-61)87-57-27-53-83(3,4)5;;/h29-52,80-81H,9-28,53-58H2,1-8H3;2*1H/q+2;;/p-2. The van der Waals surface area contributed by atoms with Gasteiger partial charge in [-0.1, -0.05) is 165 Å². The van der Waals surface area contributed by atoms with Crippen molar-refractivity contribution in [1.29, 1.82) is 0 Å². The molecule has 5 heterocycles. The number of H-pyrrole nitrogens is 2. The van der Waals surface area contributed by atoms with Gasteiger partial charge >= 0.3 is 0 Å². The van der Waals surface area contributed by atoms with Gasteiger partial charge in [0.2, 0.25) is 0 Å². The molecule has 0 spiro atoms. The van der Waals surface area contributed by atoms with Crippen molar-refractivity contribution < 1.29 is 52.7 Å². The molecule has 0 fully saturated rings. The molecule has 0 saturated heterocycles. The first-order valence-electron chi connectivity index (χ1n) is 33.5. The van der Waals surface area contributed by atoms with Crippen molar-refractivity contribution in [3.05, 3.63) is 144 Å². The van der Waals surface area contributed by atoms with Crippen molar-refractivity contribution in [1.82, 2.24) is 19.9 Å². The monoisotopic (exact) mass is 1260 g/mol. The van der Waals surface area contributed by atoms with Crippen LogP contribution in [-0.4, -0.2) is 111 Å². The minimum atomic E-state index is 0. The summed E-state index contributed by atoms with van der Waals surface area (Å²) in [4.78, 5) is 19.1. The van der Waals surface area contributed by atoms with Gasteiger partial charge in [0.15, 0.2) is 0 Å². The summed E-state index contributed by atoms with van der Waals surface area (Å²) in [5.74, 6) is 3.45. The maximum atomic E-state index is 6.38. The predicted molar refractivity (Wildman–Crippen MR) is 372 cm³/mol. The zero-order valence-electron chi connectivity index (χ0n) is 55.4. The second-order valence-electron chi connectivity index (χ2n) is 26.4. The van der Waals surface area contributed by atoms with Gasteiger partial charge in [0.25, 0.3) is 0 Å². The molecule has 9 rings (SSSR count). The van der Waals surface area contributed by atoms with E-state index in [1.54, 1.807) is 0 Å². The number of unbranched alkanes of at least 4 members (excludes halogenated alkanes) is 16. The molecule has 0 atom stereocenters. The molecule has 482 valence electrons. The maximum absolute atomic E-state index is 6.38. The molecule has 2 N–H and O–H groups in total. The SMILES string of the molecule is CCCCCCCCCCCOc1ccc(-c2c3nc(c(-c4ccc(OCCCCCCCCCCC)cc4)c4ccc([nH]4)c(-c4ccc(OCCC[N+](C)(C)C)cc4)c4nc(c(-c5ccc(OCCC[N+](C)(C)C)cc5)c5ccc2[nH]5)C=C4)C=C3)cc1.[Cl-].[Cl-]. The molecule has 0 aliphatic carbocycles. The van der Waals surface area contributed by atoms with Crippen LogP contribution < -0.4 is 43.8 Å². The zero-order chi connectivity index (χ0) is 61.6. The summed E-state index contributed by atoms with van der Waals surface area (Å²) in [6.45, 7) is 9.37. The van der Waals surface area contributed by atoms with E-state index in [-0.39, 0.29) is 24.8 Å². The Kier molecular flexibility index (Phi) is 28.0. The van der Waals surface area contributed by atoms with E-state index < -0.39 is 0 Å². The van der Waals surface area contributed by atoms with Crippen LogP contribution in [0.2, 0.25) is 0 Å². The van der Waals surface area contributed by atoms with E-state index in [1.165, 1.54) is 103 Å². The molecule has 0 unspecified atom stereocenters. The second-order valence-corrected chi connectivity index (χ2v) is 26.4. The van der Waals surface area contributed by atoms with Crippen LogP contribution in [0.5, 0.6) is 23.0 Å². The third kappa shape index (κ3) is 21.1. The summed E-state index contributed by atoms with van der Waals surface area (Å²) >= 11 is 0. The quantitative estimate of drug-likeness (QED) is 0.0300. The van der Waals surface area contributed by atoms with Crippen LogP contribution in [0.15, 0.2) is 121 Å². The van der Waals surface area contributed by atoms with Gasteiger partial charge in [-0.3, -0.25) is 0 Å². The Morgan fingerprint density at radius 1 is 0.289 bits per heavy atom. The number of ether oxygens (including phenoxy) is 4. The molecule has 2 aliphatic heterocycles. The number of quaternary nitrogens is 2. The average molecular weight is 1260 g/mol. The highest BCUT2D eigenvalue weighted by atomic mass is 35.5. The van der Waals surface area contributed by atoms with Crippen LogP contribution in [0, 0.1) is 0 Å². The van der Waals surface area contributed by atoms with E-state index in [2.05, 4.69) is 212 Å². The number of benzene rings is 4. The van der Waals surface area contributed by atoms with Gasteiger partial charge in [0, 0.05) is 57.2 Å². The number of fused-ring (bicyclic) bond motifs is 8. The van der Waals surface area contributed by atoms with Gasteiger partial charge in [0.05, 0.1) is 105 Å². The molecule has 12 heteroatoms. The summed E-state index contributed by atoms with van der Waals surface area (Å²) in [5.41, 5.74) is 15.3. The van der Waals surface area contributed by atoms with Crippen molar-refractivity contribution in [3.63, 3.8) is 0 Å². The normalized spacial score (nSPS) is 12.0. The van der Waals surface area contributed by atoms with Gasteiger partial charge in [-0.15, -0.1) is 0 Å². The Balaban J connectivity index is 0.00000576. The number of halogens is 2. The first kappa shape index (κ1) is 70.6. The number of aromatic amines is 2. The van der Waals surface area contributed by atoms with Crippen molar-refractivity contribution in [2.45, 2.75) is 142 Å². The maximum Gasteiger partial charge on any atom is 0.119 e.